The number of rotatable bonds is 7. The Bertz CT molecular complexity index is 263. The van der Waals surface area contributed by atoms with E-state index in [0.29, 0.717) is 0 Å². The first-order valence-corrected chi connectivity index (χ1v) is 5.40. The normalized spacial score (nSPS) is 13.8. The fraction of sp³-hybridized carbons (Fsp3) is 0.818. The SMILES string of the molecule is CCCC(C)(C)N(C)C(CC(=O)O)C(=O)O. The second kappa shape index (κ2) is 5.84. The lowest BCUT2D eigenvalue weighted by Crippen LogP contribution is -2.51. The third-order valence-electron chi connectivity index (χ3n) is 2.94. The molecule has 0 aliphatic rings. The fourth-order valence-corrected chi connectivity index (χ4v) is 1.77. The number of hydrogen-bond donors (Lipinski definition) is 2. The van der Waals surface area contributed by atoms with Gasteiger partial charge in [0.15, 0.2) is 0 Å². The van der Waals surface area contributed by atoms with E-state index in [-0.39, 0.29) is 12.0 Å². The summed E-state index contributed by atoms with van der Waals surface area (Å²) in [6.07, 6.45) is 1.38. The topological polar surface area (TPSA) is 77.8 Å². The second-order valence-corrected chi connectivity index (χ2v) is 4.63. The molecule has 1 unspecified atom stereocenters. The number of nitrogens with zero attached hydrogens (tertiary/aromatic N) is 1. The van der Waals surface area contributed by atoms with Crippen LogP contribution in [0.3, 0.4) is 0 Å². The third-order valence-corrected chi connectivity index (χ3v) is 2.94. The Kier molecular flexibility index (Phi) is 5.44. The summed E-state index contributed by atoms with van der Waals surface area (Å²) in [5.41, 5.74) is -0.312. The van der Waals surface area contributed by atoms with Crippen molar-refractivity contribution in [2.45, 2.75) is 51.6 Å². The predicted octanol–water partition coefficient (Wildman–Crippen LogP) is 1.42. The van der Waals surface area contributed by atoms with Gasteiger partial charge >= 0.3 is 11.9 Å². The zero-order valence-corrected chi connectivity index (χ0v) is 10.4. The van der Waals surface area contributed by atoms with Gasteiger partial charge in [-0.2, -0.15) is 0 Å². The van der Waals surface area contributed by atoms with Gasteiger partial charge in [-0.3, -0.25) is 14.5 Å². The summed E-state index contributed by atoms with van der Waals surface area (Å²) in [6, 6.07) is -0.973. The van der Waals surface area contributed by atoms with E-state index in [2.05, 4.69) is 0 Å². The van der Waals surface area contributed by atoms with Crippen LogP contribution in [-0.4, -0.2) is 45.7 Å². The van der Waals surface area contributed by atoms with Crippen LogP contribution in [0.2, 0.25) is 0 Å². The van der Waals surface area contributed by atoms with Crippen LogP contribution < -0.4 is 0 Å². The smallest absolute Gasteiger partial charge is 0.321 e. The van der Waals surface area contributed by atoms with Crippen molar-refractivity contribution in [2.24, 2.45) is 0 Å². The molecule has 94 valence electrons. The highest BCUT2D eigenvalue weighted by atomic mass is 16.4. The van der Waals surface area contributed by atoms with Gasteiger partial charge in [-0.15, -0.1) is 0 Å². The molecule has 0 bridgehead atoms. The maximum absolute atomic E-state index is 11.0. The summed E-state index contributed by atoms with van der Waals surface area (Å²) >= 11 is 0. The van der Waals surface area contributed by atoms with Gasteiger partial charge in [0.05, 0.1) is 6.42 Å². The lowest BCUT2D eigenvalue weighted by atomic mass is 9.94. The van der Waals surface area contributed by atoms with E-state index in [9.17, 15) is 9.59 Å². The Morgan fingerprint density at radius 1 is 1.31 bits per heavy atom. The molecule has 0 spiro atoms. The van der Waals surface area contributed by atoms with Gasteiger partial charge in [0, 0.05) is 5.54 Å². The van der Waals surface area contributed by atoms with Crippen LogP contribution >= 0.6 is 0 Å². The molecule has 0 heterocycles. The predicted molar refractivity (Wildman–Crippen MR) is 60.4 cm³/mol. The fourth-order valence-electron chi connectivity index (χ4n) is 1.77. The molecule has 0 rings (SSSR count). The van der Waals surface area contributed by atoms with E-state index in [1.165, 1.54) is 0 Å². The molecule has 2 N–H and O–H groups in total. The third kappa shape index (κ3) is 4.18. The highest BCUT2D eigenvalue weighted by Crippen LogP contribution is 2.22. The Labute approximate surface area is 96.1 Å². The highest BCUT2D eigenvalue weighted by molar-refractivity contribution is 5.80. The van der Waals surface area contributed by atoms with Gasteiger partial charge in [0.1, 0.15) is 6.04 Å². The van der Waals surface area contributed by atoms with Crippen molar-refractivity contribution in [3.63, 3.8) is 0 Å². The Hall–Kier alpha value is -1.10. The van der Waals surface area contributed by atoms with E-state index in [0.717, 1.165) is 12.8 Å². The molecule has 0 aliphatic heterocycles. The van der Waals surface area contributed by atoms with Crippen molar-refractivity contribution in [1.29, 1.82) is 0 Å². The monoisotopic (exact) mass is 231 g/mol. The van der Waals surface area contributed by atoms with E-state index < -0.39 is 18.0 Å². The van der Waals surface area contributed by atoms with Crippen LogP contribution in [0.4, 0.5) is 0 Å². The van der Waals surface area contributed by atoms with E-state index in [1.807, 2.05) is 20.8 Å². The lowest BCUT2D eigenvalue weighted by molar-refractivity contribution is -0.151. The van der Waals surface area contributed by atoms with E-state index in [1.54, 1.807) is 11.9 Å². The molecule has 5 nitrogen and oxygen atoms in total. The minimum Gasteiger partial charge on any atom is -0.481 e. The van der Waals surface area contributed by atoms with Gasteiger partial charge in [-0.1, -0.05) is 13.3 Å². The Morgan fingerprint density at radius 3 is 2.12 bits per heavy atom. The molecule has 0 aromatic heterocycles. The minimum atomic E-state index is -1.09. The molecular formula is C11H21NO4. The lowest BCUT2D eigenvalue weighted by Gasteiger charge is -2.39. The van der Waals surface area contributed by atoms with Crippen LogP contribution in [0.5, 0.6) is 0 Å². The maximum Gasteiger partial charge on any atom is 0.321 e. The van der Waals surface area contributed by atoms with Crippen molar-refractivity contribution in [3.8, 4) is 0 Å². The van der Waals surface area contributed by atoms with E-state index >= 15 is 0 Å². The summed E-state index contributed by atoms with van der Waals surface area (Å²) < 4.78 is 0. The molecule has 1 atom stereocenters. The maximum atomic E-state index is 11.0. The van der Waals surface area contributed by atoms with Crippen LogP contribution in [-0.2, 0) is 9.59 Å². The molecule has 0 amide bonds. The zero-order chi connectivity index (χ0) is 12.9. The summed E-state index contributed by atoms with van der Waals surface area (Å²) in [5.74, 6) is -2.18. The zero-order valence-electron chi connectivity index (χ0n) is 10.4. The summed E-state index contributed by atoms with van der Waals surface area (Å²) in [7, 11) is 1.66. The highest BCUT2D eigenvalue weighted by Gasteiger charge is 2.34. The largest absolute Gasteiger partial charge is 0.481 e. The molecule has 0 saturated carbocycles. The van der Waals surface area contributed by atoms with Crippen molar-refractivity contribution >= 4 is 11.9 Å². The average Bonchev–Trinajstić information content (AvgIpc) is 2.12. The van der Waals surface area contributed by atoms with Crippen molar-refractivity contribution < 1.29 is 19.8 Å². The Morgan fingerprint density at radius 2 is 1.81 bits per heavy atom. The number of aliphatic carboxylic acids is 2. The number of carboxylic acids is 2. The van der Waals surface area contributed by atoms with Gasteiger partial charge < -0.3 is 10.2 Å². The van der Waals surface area contributed by atoms with Crippen molar-refractivity contribution in [3.05, 3.63) is 0 Å². The van der Waals surface area contributed by atoms with E-state index in [4.69, 9.17) is 10.2 Å². The first-order valence-electron chi connectivity index (χ1n) is 5.40. The molecule has 0 saturated heterocycles. The Balaban J connectivity index is 4.79. The van der Waals surface area contributed by atoms with Gasteiger partial charge in [0.2, 0.25) is 0 Å². The number of carbonyl (C=O) groups is 2. The molecule has 0 fully saturated rings. The summed E-state index contributed by atoms with van der Waals surface area (Å²) in [4.78, 5) is 23.3. The first-order chi connectivity index (χ1) is 7.22. The molecule has 0 aromatic rings. The van der Waals surface area contributed by atoms with Crippen LogP contribution in [0.15, 0.2) is 0 Å². The van der Waals surface area contributed by atoms with Gasteiger partial charge in [-0.05, 0) is 27.3 Å². The average molecular weight is 231 g/mol. The number of hydrogen-bond acceptors (Lipinski definition) is 3. The molecule has 0 aliphatic carbocycles. The standard InChI is InChI=1S/C11H21NO4/c1-5-6-11(2,3)12(4)8(10(15)16)7-9(13)14/h8H,5-7H2,1-4H3,(H,13,14)(H,15,16). The summed E-state index contributed by atoms with van der Waals surface area (Å²) in [5, 5.41) is 17.7. The first kappa shape index (κ1) is 14.9. The van der Waals surface area contributed by atoms with Crippen LogP contribution in [0, 0.1) is 0 Å². The van der Waals surface area contributed by atoms with Crippen molar-refractivity contribution in [1.82, 2.24) is 4.90 Å². The quantitative estimate of drug-likeness (QED) is 0.693. The number of likely N-dealkylation sites (N-methyl/N-ethyl adjacent to an activating group) is 1. The van der Waals surface area contributed by atoms with Crippen molar-refractivity contribution in [2.75, 3.05) is 7.05 Å². The molecular weight excluding hydrogens is 210 g/mol. The molecule has 0 radical (unpaired) electrons. The second-order valence-electron chi connectivity index (χ2n) is 4.63. The molecule has 5 heteroatoms. The van der Waals surface area contributed by atoms with Gasteiger partial charge in [-0.25, -0.2) is 0 Å². The van der Waals surface area contributed by atoms with Gasteiger partial charge in [0.25, 0.3) is 0 Å². The molecule has 0 aromatic carbocycles. The number of carboxylic acid groups (broad SMARTS) is 2. The molecule has 16 heavy (non-hydrogen) atoms. The minimum absolute atomic E-state index is 0.312. The van der Waals surface area contributed by atoms with Crippen LogP contribution in [0.1, 0.15) is 40.0 Å². The summed E-state index contributed by atoms with van der Waals surface area (Å²) in [6.45, 7) is 5.87. The van der Waals surface area contributed by atoms with Crippen LogP contribution in [0.25, 0.3) is 0 Å².